The van der Waals surface area contributed by atoms with Crippen molar-refractivity contribution in [3.8, 4) is 5.75 Å². The van der Waals surface area contributed by atoms with Crippen LogP contribution in [0.4, 0.5) is 0 Å². The van der Waals surface area contributed by atoms with Gasteiger partial charge in [0.15, 0.2) is 0 Å². The first kappa shape index (κ1) is 12.4. The lowest BCUT2D eigenvalue weighted by Gasteiger charge is -2.30. The van der Waals surface area contributed by atoms with Crippen molar-refractivity contribution in [3.05, 3.63) is 29.8 Å². The van der Waals surface area contributed by atoms with Crippen molar-refractivity contribution in [1.29, 1.82) is 0 Å². The Kier molecular flexibility index (Phi) is 3.16. The summed E-state index contributed by atoms with van der Waals surface area (Å²) in [6.07, 6.45) is 1.34. The third-order valence-corrected chi connectivity index (χ3v) is 3.77. The third-order valence-electron chi connectivity index (χ3n) is 3.77. The highest BCUT2D eigenvalue weighted by Crippen LogP contribution is 2.32. The van der Waals surface area contributed by atoms with Crippen LogP contribution < -0.4 is 15.8 Å². The topological polar surface area (TPSA) is 73.6 Å². The molecule has 5 heteroatoms. The standard InChI is InChI=1S/C14H18N2O3/c15-14(6-8-18-9-14)13(17)16-11-5-7-19-12-4-2-1-3-10(11)12/h1-4,11H,5-9,15H2,(H,16,17). The minimum absolute atomic E-state index is 0.0292. The number of hydrogen-bond donors (Lipinski definition) is 2. The zero-order valence-electron chi connectivity index (χ0n) is 10.7. The number of carbonyl (C=O) groups excluding carboxylic acids is 1. The van der Waals surface area contributed by atoms with Crippen LogP contribution in [0.15, 0.2) is 24.3 Å². The molecular weight excluding hydrogens is 244 g/mol. The lowest BCUT2D eigenvalue weighted by atomic mass is 9.96. The van der Waals surface area contributed by atoms with Crippen LogP contribution in [-0.4, -0.2) is 31.3 Å². The van der Waals surface area contributed by atoms with Crippen molar-refractivity contribution in [3.63, 3.8) is 0 Å². The van der Waals surface area contributed by atoms with Gasteiger partial charge in [0.25, 0.3) is 0 Å². The summed E-state index contributed by atoms with van der Waals surface area (Å²) in [6, 6.07) is 7.75. The number of benzene rings is 1. The van der Waals surface area contributed by atoms with Crippen LogP contribution >= 0.6 is 0 Å². The van der Waals surface area contributed by atoms with Crippen molar-refractivity contribution in [1.82, 2.24) is 5.32 Å². The Labute approximate surface area is 112 Å². The minimum atomic E-state index is -0.882. The average molecular weight is 262 g/mol. The summed E-state index contributed by atoms with van der Waals surface area (Å²) in [5.74, 6) is 0.708. The monoisotopic (exact) mass is 262 g/mol. The van der Waals surface area contributed by atoms with Gasteiger partial charge in [-0.2, -0.15) is 0 Å². The van der Waals surface area contributed by atoms with Crippen molar-refractivity contribution in [2.45, 2.75) is 24.4 Å². The fourth-order valence-corrected chi connectivity index (χ4v) is 2.55. The molecule has 1 aromatic carbocycles. The van der Waals surface area contributed by atoms with E-state index in [2.05, 4.69) is 5.32 Å². The molecule has 0 spiro atoms. The van der Waals surface area contributed by atoms with Gasteiger partial charge in [0.2, 0.25) is 5.91 Å². The van der Waals surface area contributed by atoms with Gasteiger partial charge >= 0.3 is 0 Å². The number of nitrogens with one attached hydrogen (secondary N) is 1. The highest BCUT2D eigenvalue weighted by atomic mass is 16.5. The molecule has 1 fully saturated rings. The fraction of sp³-hybridized carbons (Fsp3) is 0.500. The minimum Gasteiger partial charge on any atom is -0.493 e. The van der Waals surface area contributed by atoms with E-state index in [1.807, 2.05) is 24.3 Å². The maximum atomic E-state index is 12.3. The van der Waals surface area contributed by atoms with Gasteiger partial charge in [-0.3, -0.25) is 4.79 Å². The second-order valence-electron chi connectivity index (χ2n) is 5.16. The fourth-order valence-electron chi connectivity index (χ4n) is 2.55. The summed E-state index contributed by atoms with van der Waals surface area (Å²) in [4.78, 5) is 12.3. The Morgan fingerprint density at radius 3 is 3.00 bits per heavy atom. The van der Waals surface area contributed by atoms with E-state index in [-0.39, 0.29) is 11.9 Å². The molecule has 0 aliphatic carbocycles. The predicted molar refractivity (Wildman–Crippen MR) is 69.8 cm³/mol. The Bertz CT molecular complexity index is 483. The molecule has 1 amide bonds. The Morgan fingerprint density at radius 2 is 2.21 bits per heavy atom. The van der Waals surface area contributed by atoms with Crippen LogP contribution in [0.2, 0.25) is 0 Å². The Balaban J connectivity index is 1.76. The first-order valence-corrected chi connectivity index (χ1v) is 6.58. The molecule has 2 unspecified atom stereocenters. The average Bonchev–Trinajstić information content (AvgIpc) is 2.87. The number of fused-ring (bicyclic) bond motifs is 1. The molecule has 2 heterocycles. The van der Waals surface area contributed by atoms with Crippen molar-refractivity contribution < 1.29 is 14.3 Å². The maximum Gasteiger partial charge on any atom is 0.243 e. The molecule has 19 heavy (non-hydrogen) atoms. The van der Waals surface area contributed by atoms with Gasteiger partial charge in [-0.15, -0.1) is 0 Å². The van der Waals surface area contributed by atoms with Crippen LogP contribution in [0, 0.1) is 0 Å². The summed E-state index contributed by atoms with van der Waals surface area (Å²) < 4.78 is 10.8. The molecule has 2 atom stereocenters. The van der Waals surface area contributed by atoms with Gasteiger partial charge in [0.1, 0.15) is 11.3 Å². The number of carbonyl (C=O) groups is 1. The second-order valence-corrected chi connectivity index (χ2v) is 5.16. The van der Waals surface area contributed by atoms with Gasteiger partial charge < -0.3 is 20.5 Å². The van der Waals surface area contributed by atoms with Gasteiger partial charge in [0.05, 0.1) is 19.3 Å². The van der Waals surface area contributed by atoms with E-state index in [1.54, 1.807) is 0 Å². The van der Waals surface area contributed by atoms with E-state index in [1.165, 1.54) is 0 Å². The molecule has 2 aliphatic heterocycles. The van der Waals surface area contributed by atoms with E-state index in [0.717, 1.165) is 17.7 Å². The molecule has 102 valence electrons. The van der Waals surface area contributed by atoms with Gasteiger partial charge in [-0.05, 0) is 12.5 Å². The number of nitrogens with two attached hydrogens (primary N) is 1. The molecule has 5 nitrogen and oxygen atoms in total. The van der Waals surface area contributed by atoms with E-state index in [9.17, 15) is 4.79 Å². The second kappa shape index (κ2) is 4.83. The first-order valence-electron chi connectivity index (χ1n) is 6.58. The van der Waals surface area contributed by atoms with Crippen LogP contribution in [0.25, 0.3) is 0 Å². The van der Waals surface area contributed by atoms with Gasteiger partial charge in [-0.1, -0.05) is 18.2 Å². The van der Waals surface area contributed by atoms with E-state index < -0.39 is 5.54 Å². The molecule has 3 N–H and O–H groups in total. The molecule has 1 saturated heterocycles. The van der Waals surface area contributed by atoms with Crippen LogP contribution in [0.3, 0.4) is 0 Å². The van der Waals surface area contributed by atoms with Gasteiger partial charge in [-0.25, -0.2) is 0 Å². The summed E-state index contributed by atoms with van der Waals surface area (Å²) in [6.45, 7) is 1.45. The van der Waals surface area contributed by atoms with Crippen molar-refractivity contribution in [2.24, 2.45) is 5.73 Å². The number of para-hydroxylation sites is 1. The van der Waals surface area contributed by atoms with Crippen LogP contribution in [0.1, 0.15) is 24.4 Å². The Morgan fingerprint density at radius 1 is 1.37 bits per heavy atom. The van der Waals surface area contributed by atoms with Crippen molar-refractivity contribution in [2.75, 3.05) is 19.8 Å². The van der Waals surface area contributed by atoms with Gasteiger partial charge in [0, 0.05) is 18.6 Å². The molecule has 3 rings (SSSR count). The number of hydrogen-bond acceptors (Lipinski definition) is 4. The molecule has 0 saturated carbocycles. The smallest absolute Gasteiger partial charge is 0.243 e. The third kappa shape index (κ3) is 2.31. The summed E-state index contributed by atoms with van der Waals surface area (Å²) >= 11 is 0. The summed E-state index contributed by atoms with van der Waals surface area (Å²) in [5.41, 5.74) is 6.21. The first-order chi connectivity index (χ1) is 9.19. The van der Waals surface area contributed by atoms with Crippen LogP contribution in [-0.2, 0) is 9.53 Å². The maximum absolute atomic E-state index is 12.3. The molecule has 0 aromatic heterocycles. The lowest BCUT2D eigenvalue weighted by molar-refractivity contribution is -0.127. The highest BCUT2D eigenvalue weighted by molar-refractivity contribution is 5.87. The molecular formula is C14H18N2O3. The zero-order valence-corrected chi connectivity index (χ0v) is 10.7. The molecule has 0 bridgehead atoms. The summed E-state index contributed by atoms with van der Waals surface area (Å²) in [5, 5.41) is 3.03. The quantitative estimate of drug-likeness (QED) is 0.824. The largest absolute Gasteiger partial charge is 0.493 e. The van der Waals surface area contributed by atoms with Crippen molar-refractivity contribution >= 4 is 5.91 Å². The van der Waals surface area contributed by atoms with Crippen LogP contribution in [0.5, 0.6) is 5.75 Å². The van der Waals surface area contributed by atoms with E-state index in [4.69, 9.17) is 15.2 Å². The number of rotatable bonds is 2. The highest BCUT2D eigenvalue weighted by Gasteiger charge is 2.39. The van der Waals surface area contributed by atoms with E-state index >= 15 is 0 Å². The molecule has 1 aromatic rings. The number of ether oxygens (including phenoxy) is 2. The molecule has 0 radical (unpaired) electrons. The lowest BCUT2D eigenvalue weighted by Crippen LogP contribution is -2.55. The normalized spacial score (nSPS) is 29.4. The van der Waals surface area contributed by atoms with E-state index in [0.29, 0.717) is 26.2 Å². The Hall–Kier alpha value is -1.59. The number of amides is 1. The summed E-state index contributed by atoms with van der Waals surface area (Å²) in [7, 11) is 0. The predicted octanol–water partition coefficient (Wildman–Crippen LogP) is 0.744. The zero-order chi connectivity index (χ0) is 13.3. The SMILES string of the molecule is NC1(C(=O)NC2CCOc3ccccc32)CCOC1. The molecule has 2 aliphatic rings.